The maximum Gasteiger partial charge on any atom is 0.161 e. The van der Waals surface area contributed by atoms with E-state index < -0.39 is 0 Å². The van der Waals surface area contributed by atoms with Crippen molar-refractivity contribution in [1.82, 2.24) is 5.32 Å². The lowest BCUT2D eigenvalue weighted by atomic mass is 10.1. The van der Waals surface area contributed by atoms with Crippen LogP contribution in [0.3, 0.4) is 0 Å². The first kappa shape index (κ1) is 12.2. The van der Waals surface area contributed by atoms with Crippen molar-refractivity contribution in [3.8, 4) is 11.5 Å². The van der Waals surface area contributed by atoms with Crippen LogP contribution in [0.4, 0.5) is 0 Å². The SMILES string of the molecule is CCCNC(C)c1ccc2c(c1)OCCCO2. The van der Waals surface area contributed by atoms with E-state index in [0.717, 1.165) is 44.1 Å². The Balaban J connectivity index is 2.11. The highest BCUT2D eigenvalue weighted by atomic mass is 16.5. The van der Waals surface area contributed by atoms with Crippen LogP contribution in [0.25, 0.3) is 0 Å². The molecule has 0 bridgehead atoms. The normalized spacial score (nSPS) is 16.4. The lowest BCUT2D eigenvalue weighted by Crippen LogP contribution is -2.19. The molecule has 3 nitrogen and oxygen atoms in total. The molecule has 94 valence electrons. The van der Waals surface area contributed by atoms with Crippen LogP contribution in [-0.2, 0) is 0 Å². The van der Waals surface area contributed by atoms with E-state index in [2.05, 4.69) is 31.3 Å². The molecule has 1 atom stereocenters. The minimum absolute atomic E-state index is 0.354. The fourth-order valence-corrected chi connectivity index (χ4v) is 1.93. The molecule has 3 heteroatoms. The molecule has 1 aliphatic rings. The summed E-state index contributed by atoms with van der Waals surface area (Å²) in [4.78, 5) is 0. The molecule has 1 N–H and O–H groups in total. The lowest BCUT2D eigenvalue weighted by molar-refractivity contribution is 0.297. The Kier molecular flexibility index (Phi) is 4.26. The van der Waals surface area contributed by atoms with E-state index in [0.29, 0.717) is 6.04 Å². The Morgan fingerprint density at radius 1 is 1.24 bits per heavy atom. The second-order valence-corrected chi connectivity index (χ2v) is 4.43. The molecular formula is C14H21NO2. The van der Waals surface area contributed by atoms with Crippen LogP contribution >= 0.6 is 0 Å². The summed E-state index contributed by atoms with van der Waals surface area (Å²) < 4.78 is 11.3. The average Bonchev–Trinajstić information content (AvgIpc) is 2.60. The zero-order chi connectivity index (χ0) is 12.1. The zero-order valence-electron chi connectivity index (χ0n) is 10.7. The van der Waals surface area contributed by atoms with Crippen molar-refractivity contribution in [2.24, 2.45) is 0 Å². The fourth-order valence-electron chi connectivity index (χ4n) is 1.93. The summed E-state index contributed by atoms with van der Waals surface area (Å²) >= 11 is 0. The molecule has 1 aliphatic heterocycles. The monoisotopic (exact) mass is 235 g/mol. The van der Waals surface area contributed by atoms with Crippen LogP contribution in [0.1, 0.15) is 38.3 Å². The van der Waals surface area contributed by atoms with Crippen LogP contribution in [0, 0.1) is 0 Å². The third kappa shape index (κ3) is 3.13. The third-order valence-electron chi connectivity index (χ3n) is 2.97. The maximum absolute atomic E-state index is 5.69. The van der Waals surface area contributed by atoms with E-state index in [1.165, 1.54) is 5.56 Å². The van der Waals surface area contributed by atoms with Gasteiger partial charge in [0.05, 0.1) is 13.2 Å². The van der Waals surface area contributed by atoms with Gasteiger partial charge in [-0.3, -0.25) is 0 Å². The molecule has 0 aliphatic carbocycles. The van der Waals surface area contributed by atoms with Gasteiger partial charge in [-0.1, -0.05) is 13.0 Å². The second kappa shape index (κ2) is 5.92. The molecule has 17 heavy (non-hydrogen) atoms. The molecular weight excluding hydrogens is 214 g/mol. The van der Waals surface area contributed by atoms with Gasteiger partial charge in [0.2, 0.25) is 0 Å². The molecule has 0 saturated heterocycles. The van der Waals surface area contributed by atoms with E-state index in [1.807, 2.05) is 6.07 Å². The zero-order valence-corrected chi connectivity index (χ0v) is 10.7. The quantitative estimate of drug-likeness (QED) is 0.870. The first-order valence-corrected chi connectivity index (χ1v) is 6.44. The minimum atomic E-state index is 0.354. The highest BCUT2D eigenvalue weighted by Crippen LogP contribution is 2.32. The van der Waals surface area contributed by atoms with Crippen LogP contribution in [0.5, 0.6) is 11.5 Å². The summed E-state index contributed by atoms with van der Waals surface area (Å²) in [5.41, 5.74) is 1.25. The molecule has 1 unspecified atom stereocenters. The van der Waals surface area contributed by atoms with Crippen LogP contribution in [0.2, 0.25) is 0 Å². The van der Waals surface area contributed by atoms with Gasteiger partial charge < -0.3 is 14.8 Å². The number of benzene rings is 1. The molecule has 0 fully saturated rings. The molecule has 0 amide bonds. The van der Waals surface area contributed by atoms with Crippen molar-refractivity contribution in [2.75, 3.05) is 19.8 Å². The molecule has 0 spiro atoms. The Morgan fingerprint density at radius 3 is 2.76 bits per heavy atom. The average molecular weight is 235 g/mol. The van der Waals surface area contributed by atoms with Crippen LogP contribution < -0.4 is 14.8 Å². The van der Waals surface area contributed by atoms with Gasteiger partial charge in [-0.25, -0.2) is 0 Å². The first-order valence-electron chi connectivity index (χ1n) is 6.44. The molecule has 1 heterocycles. The Hall–Kier alpha value is -1.22. The van der Waals surface area contributed by atoms with Gasteiger partial charge in [-0.2, -0.15) is 0 Å². The van der Waals surface area contributed by atoms with Crippen molar-refractivity contribution in [3.63, 3.8) is 0 Å². The van der Waals surface area contributed by atoms with E-state index in [1.54, 1.807) is 0 Å². The lowest BCUT2D eigenvalue weighted by Gasteiger charge is -2.15. The highest BCUT2D eigenvalue weighted by Gasteiger charge is 2.12. The van der Waals surface area contributed by atoms with Gasteiger partial charge >= 0.3 is 0 Å². The predicted molar refractivity (Wildman–Crippen MR) is 68.8 cm³/mol. The number of ether oxygens (including phenoxy) is 2. The second-order valence-electron chi connectivity index (χ2n) is 4.43. The molecule has 0 radical (unpaired) electrons. The topological polar surface area (TPSA) is 30.5 Å². The van der Waals surface area contributed by atoms with Gasteiger partial charge in [0.25, 0.3) is 0 Å². The molecule has 2 rings (SSSR count). The van der Waals surface area contributed by atoms with Gasteiger partial charge in [-0.05, 0) is 37.6 Å². The maximum atomic E-state index is 5.69. The van der Waals surface area contributed by atoms with Crippen molar-refractivity contribution >= 4 is 0 Å². The largest absolute Gasteiger partial charge is 0.490 e. The number of rotatable bonds is 4. The summed E-state index contributed by atoms with van der Waals surface area (Å²) in [6.45, 7) is 6.88. The molecule has 1 aromatic carbocycles. The summed E-state index contributed by atoms with van der Waals surface area (Å²) in [5.74, 6) is 1.75. The number of hydrogen-bond donors (Lipinski definition) is 1. The van der Waals surface area contributed by atoms with Crippen molar-refractivity contribution in [2.45, 2.75) is 32.7 Å². The smallest absolute Gasteiger partial charge is 0.161 e. The molecule has 0 aromatic heterocycles. The number of hydrogen-bond acceptors (Lipinski definition) is 3. The molecule has 0 saturated carbocycles. The van der Waals surface area contributed by atoms with Gasteiger partial charge in [0.15, 0.2) is 11.5 Å². The number of nitrogens with one attached hydrogen (secondary N) is 1. The fraction of sp³-hybridized carbons (Fsp3) is 0.571. The van der Waals surface area contributed by atoms with E-state index in [-0.39, 0.29) is 0 Å². The van der Waals surface area contributed by atoms with E-state index in [9.17, 15) is 0 Å². The van der Waals surface area contributed by atoms with Gasteiger partial charge in [0.1, 0.15) is 0 Å². The van der Waals surface area contributed by atoms with Gasteiger partial charge in [-0.15, -0.1) is 0 Å². The predicted octanol–water partition coefficient (Wildman–Crippen LogP) is 2.91. The Morgan fingerprint density at radius 2 is 2.00 bits per heavy atom. The Bertz CT molecular complexity index is 365. The molecule has 1 aromatic rings. The summed E-state index contributed by atoms with van der Waals surface area (Å²) in [7, 11) is 0. The van der Waals surface area contributed by atoms with E-state index in [4.69, 9.17) is 9.47 Å². The standard InChI is InChI=1S/C14H21NO2/c1-3-7-15-11(2)12-5-6-13-14(10-12)17-9-4-8-16-13/h5-6,10-11,15H,3-4,7-9H2,1-2H3. The summed E-state index contributed by atoms with van der Waals surface area (Å²) in [6.07, 6.45) is 2.10. The van der Waals surface area contributed by atoms with Crippen molar-refractivity contribution in [1.29, 1.82) is 0 Å². The third-order valence-corrected chi connectivity index (χ3v) is 2.97. The van der Waals surface area contributed by atoms with E-state index >= 15 is 0 Å². The van der Waals surface area contributed by atoms with Gasteiger partial charge in [0, 0.05) is 12.5 Å². The minimum Gasteiger partial charge on any atom is -0.490 e. The highest BCUT2D eigenvalue weighted by molar-refractivity contribution is 5.44. The first-order chi connectivity index (χ1) is 8.31. The van der Waals surface area contributed by atoms with Crippen molar-refractivity contribution < 1.29 is 9.47 Å². The Labute approximate surface area is 103 Å². The summed E-state index contributed by atoms with van der Waals surface area (Å²) in [5, 5.41) is 3.47. The van der Waals surface area contributed by atoms with Crippen LogP contribution in [0.15, 0.2) is 18.2 Å². The number of fused-ring (bicyclic) bond motifs is 1. The van der Waals surface area contributed by atoms with Crippen LogP contribution in [-0.4, -0.2) is 19.8 Å². The van der Waals surface area contributed by atoms with Crippen molar-refractivity contribution in [3.05, 3.63) is 23.8 Å². The summed E-state index contributed by atoms with van der Waals surface area (Å²) in [6, 6.07) is 6.57.